The lowest BCUT2D eigenvalue weighted by Gasteiger charge is -2.17. The van der Waals surface area contributed by atoms with E-state index in [-0.39, 0.29) is 17.4 Å². The standard InChI is InChI=1S/C14H23NO2S/c1-3-9-18(16,17)10-8-13(11-15)14-7-5-4-6-12(14)2/h4-7,13H,3,8-11,15H2,1-2H3. The minimum Gasteiger partial charge on any atom is -0.330 e. The number of hydrogen-bond donors (Lipinski definition) is 1. The molecule has 1 rings (SSSR count). The van der Waals surface area contributed by atoms with Gasteiger partial charge in [-0.25, -0.2) is 8.42 Å². The average molecular weight is 269 g/mol. The molecule has 2 N–H and O–H groups in total. The largest absolute Gasteiger partial charge is 0.330 e. The Morgan fingerprint density at radius 1 is 1.22 bits per heavy atom. The van der Waals surface area contributed by atoms with E-state index >= 15 is 0 Å². The summed E-state index contributed by atoms with van der Waals surface area (Å²) in [5, 5.41) is 0. The van der Waals surface area contributed by atoms with Crippen molar-refractivity contribution in [1.82, 2.24) is 0 Å². The van der Waals surface area contributed by atoms with Crippen molar-refractivity contribution in [2.24, 2.45) is 5.73 Å². The summed E-state index contributed by atoms with van der Waals surface area (Å²) in [6.07, 6.45) is 1.30. The summed E-state index contributed by atoms with van der Waals surface area (Å²) in [4.78, 5) is 0. The molecule has 1 unspecified atom stereocenters. The molecule has 1 aromatic carbocycles. The Morgan fingerprint density at radius 2 is 1.89 bits per heavy atom. The lowest BCUT2D eigenvalue weighted by Crippen LogP contribution is -2.19. The smallest absolute Gasteiger partial charge is 0.150 e. The number of aryl methyl sites for hydroxylation is 1. The molecular weight excluding hydrogens is 246 g/mol. The summed E-state index contributed by atoms with van der Waals surface area (Å²) in [6, 6.07) is 8.05. The van der Waals surface area contributed by atoms with Gasteiger partial charge in [0.1, 0.15) is 9.84 Å². The van der Waals surface area contributed by atoms with Gasteiger partial charge in [0.05, 0.1) is 5.75 Å². The lowest BCUT2D eigenvalue weighted by molar-refractivity contribution is 0.583. The monoisotopic (exact) mass is 269 g/mol. The van der Waals surface area contributed by atoms with E-state index in [0.29, 0.717) is 19.4 Å². The van der Waals surface area contributed by atoms with E-state index in [1.165, 1.54) is 11.1 Å². The highest BCUT2D eigenvalue weighted by molar-refractivity contribution is 7.91. The van der Waals surface area contributed by atoms with Gasteiger partial charge in [-0.2, -0.15) is 0 Å². The van der Waals surface area contributed by atoms with Gasteiger partial charge in [-0.3, -0.25) is 0 Å². The number of nitrogens with two attached hydrogens (primary N) is 1. The molecule has 102 valence electrons. The van der Waals surface area contributed by atoms with Crippen LogP contribution < -0.4 is 5.73 Å². The quantitative estimate of drug-likeness (QED) is 0.826. The highest BCUT2D eigenvalue weighted by Crippen LogP contribution is 2.22. The molecule has 0 aromatic heterocycles. The molecule has 0 amide bonds. The molecular formula is C14H23NO2S. The van der Waals surface area contributed by atoms with Crippen LogP contribution in [-0.4, -0.2) is 26.5 Å². The zero-order chi connectivity index (χ0) is 13.6. The molecule has 0 aliphatic rings. The summed E-state index contributed by atoms with van der Waals surface area (Å²) in [7, 11) is -2.91. The third-order valence-electron chi connectivity index (χ3n) is 3.21. The first-order valence-electron chi connectivity index (χ1n) is 6.46. The predicted octanol–water partition coefficient (Wildman–Crippen LogP) is 2.25. The van der Waals surface area contributed by atoms with E-state index in [0.717, 1.165) is 0 Å². The second kappa shape index (κ2) is 6.90. The number of hydrogen-bond acceptors (Lipinski definition) is 3. The van der Waals surface area contributed by atoms with Gasteiger partial charge in [0.15, 0.2) is 0 Å². The van der Waals surface area contributed by atoms with E-state index < -0.39 is 9.84 Å². The number of benzene rings is 1. The number of sulfone groups is 1. The summed E-state index contributed by atoms with van der Waals surface area (Å²) >= 11 is 0. The van der Waals surface area contributed by atoms with Crippen molar-refractivity contribution in [2.75, 3.05) is 18.1 Å². The molecule has 4 heteroatoms. The average Bonchev–Trinajstić information content (AvgIpc) is 2.32. The van der Waals surface area contributed by atoms with Gasteiger partial charge < -0.3 is 5.73 Å². The van der Waals surface area contributed by atoms with E-state index in [1.54, 1.807) is 0 Å². The minimum atomic E-state index is -2.91. The van der Waals surface area contributed by atoms with E-state index in [1.807, 2.05) is 38.1 Å². The Balaban J connectivity index is 2.72. The zero-order valence-electron chi connectivity index (χ0n) is 11.2. The van der Waals surface area contributed by atoms with Crippen LogP contribution in [0.15, 0.2) is 24.3 Å². The molecule has 0 aliphatic heterocycles. The van der Waals surface area contributed by atoms with Gasteiger partial charge in [-0.15, -0.1) is 0 Å². The molecule has 0 saturated heterocycles. The highest BCUT2D eigenvalue weighted by atomic mass is 32.2. The zero-order valence-corrected chi connectivity index (χ0v) is 12.0. The first kappa shape index (κ1) is 15.2. The van der Waals surface area contributed by atoms with Crippen molar-refractivity contribution < 1.29 is 8.42 Å². The maximum Gasteiger partial charge on any atom is 0.150 e. The molecule has 1 aromatic rings. The Morgan fingerprint density at radius 3 is 2.44 bits per heavy atom. The van der Waals surface area contributed by atoms with Crippen LogP contribution >= 0.6 is 0 Å². The van der Waals surface area contributed by atoms with Crippen LogP contribution in [-0.2, 0) is 9.84 Å². The van der Waals surface area contributed by atoms with Crippen molar-refractivity contribution >= 4 is 9.84 Å². The van der Waals surface area contributed by atoms with Crippen molar-refractivity contribution in [2.45, 2.75) is 32.6 Å². The Labute approximate surface area is 110 Å². The summed E-state index contributed by atoms with van der Waals surface area (Å²) in [5.41, 5.74) is 8.14. The van der Waals surface area contributed by atoms with Crippen molar-refractivity contribution in [3.63, 3.8) is 0 Å². The maximum absolute atomic E-state index is 11.7. The fourth-order valence-corrected chi connectivity index (χ4v) is 3.65. The molecule has 0 saturated carbocycles. The third kappa shape index (κ3) is 4.42. The van der Waals surface area contributed by atoms with Gasteiger partial charge in [-0.05, 0) is 43.4 Å². The second-order valence-electron chi connectivity index (χ2n) is 4.73. The molecule has 0 radical (unpaired) electrons. The Bertz CT molecular complexity index is 468. The van der Waals surface area contributed by atoms with Gasteiger partial charge in [0.25, 0.3) is 0 Å². The molecule has 3 nitrogen and oxygen atoms in total. The van der Waals surface area contributed by atoms with Crippen LogP contribution in [0.4, 0.5) is 0 Å². The number of rotatable bonds is 7. The minimum absolute atomic E-state index is 0.137. The van der Waals surface area contributed by atoms with E-state index in [4.69, 9.17) is 5.73 Å². The second-order valence-corrected chi connectivity index (χ2v) is 7.03. The predicted molar refractivity (Wildman–Crippen MR) is 76.5 cm³/mol. The summed E-state index contributed by atoms with van der Waals surface area (Å²) in [6.45, 7) is 4.42. The fourth-order valence-electron chi connectivity index (χ4n) is 2.18. The molecule has 0 fully saturated rings. The molecule has 0 bridgehead atoms. The van der Waals surface area contributed by atoms with Crippen molar-refractivity contribution in [3.05, 3.63) is 35.4 Å². The summed E-state index contributed by atoms with van der Waals surface area (Å²) < 4.78 is 23.5. The molecule has 0 heterocycles. The van der Waals surface area contributed by atoms with Gasteiger partial charge in [0.2, 0.25) is 0 Å². The van der Waals surface area contributed by atoms with Crippen LogP contribution in [0.1, 0.15) is 36.8 Å². The van der Waals surface area contributed by atoms with Crippen LogP contribution in [0.3, 0.4) is 0 Å². The van der Waals surface area contributed by atoms with Crippen molar-refractivity contribution in [1.29, 1.82) is 0 Å². The fraction of sp³-hybridized carbons (Fsp3) is 0.571. The third-order valence-corrected chi connectivity index (χ3v) is 5.09. The topological polar surface area (TPSA) is 60.2 Å². The van der Waals surface area contributed by atoms with Crippen LogP contribution in [0.2, 0.25) is 0 Å². The first-order valence-corrected chi connectivity index (χ1v) is 8.28. The van der Waals surface area contributed by atoms with E-state index in [2.05, 4.69) is 0 Å². The van der Waals surface area contributed by atoms with Gasteiger partial charge >= 0.3 is 0 Å². The van der Waals surface area contributed by atoms with E-state index in [9.17, 15) is 8.42 Å². The van der Waals surface area contributed by atoms with Gasteiger partial charge in [0, 0.05) is 5.75 Å². The normalized spacial score (nSPS) is 13.5. The Hall–Kier alpha value is -0.870. The van der Waals surface area contributed by atoms with Crippen LogP contribution in [0.25, 0.3) is 0 Å². The van der Waals surface area contributed by atoms with Crippen LogP contribution in [0, 0.1) is 6.92 Å². The summed E-state index contributed by atoms with van der Waals surface area (Å²) in [5.74, 6) is 0.646. The lowest BCUT2D eigenvalue weighted by atomic mass is 9.93. The molecule has 18 heavy (non-hydrogen) atoms. The molecule has 0 aliphatic carbocycles. The SMILES string of the molecule is CCCS(=O)(=O)CCC(CN)c1ccccc1C. The van der Waals surface area contributed by atoms with Crippen molar-refractivity contribution in [3.8, 4) is 0 Å². The molecule has 1 atom stereocenters. The first-order chi connectivity index (χ1) is 8.50. The Kier molecular flexibility index (Phi) is 5.82. The van der Waals surface area contributed by atoms with Gasteiger partial charge in [-0.1, -0.05) is 31.2 Å². The maximum atomic E-state index is 11.7. The molecule has 0 spiro atoms. The highest BCUT2D eigenvalue weighted by Gasteiger charge is 2.16. The van der Waals surface area contributed by atoms with Crippen LogP contribution in [0.5, 0.6) is 0 Å².